The first kappa shape index (κ1) is 11.9. The van der Waals surface area contributed by atoms with Gasteiger partial charge in [-0.05, 0) is 13.3 Å². The van der Waals surface area contributed by atoms with E-state index in [1.165, 1.54) is 6.26 Å². The van der Waals surface area contributed by atoms with Crippen molar-refractivity contribution < 1.29 is 13.2 Å². The maximum absolute atomic E-state index is 10.8. The van der Waals surface area contributed by atoms with Gasteiger partial charge in [0.1, 0.15) is 9.84 Å². The van der Waals surface area contributed by atoms with Gasteiger partial charge in [0.25, 0.3) is 0 Å². The van der Waals surface area contributed by atoms with Crippen molar-refractivity contribution in [1.82, 2.24) is 0 Å². The molecule has 4 nitrogen and oxygen atoms in total. The fourth-order valence-electron chi connectivity index (χ4n) is 0.850. The van der Waals surface area contributed by atoms with E-state index in [4.69, 9.17) is 10.5 Å². The molecule has 0 fully saturated rings. The van der Waals surface area contributed by atoms with E-state index in [0.29, 0.717) is 19.6 Å². The Morgan fingerprint density at radius 2 is 2.08 bits per heavy atom. The summed E-state index contributed by atoms with van der Waals surface area (Å²) in [4.78, 5) is 0. The Bertz CT molecular complexity index is 201. The smallest absolute Gasteiger partial charge is 0.147 e. The molecule has 0 aliphatic heterocycles. The predicted octanol–water partition coefficient (Wildman–Crippen LogP) is -0.215. The Kier molecular flexibility index (Phi) is 5.44. The highest BCUT2D eigenvalue weighted by Crippen LogP contribution is 1.99. The molecule has 0 bridgehead atoms. The molecule has 5 heteroatoms. The van der Waals surface area contributed by atoms with Crippen LogP contribution < -0.4 is 5.73 Å². The van der Waals surface area contributed by atoms with Crippen LogP contribution in [0.25, 0.3) is 0 Å². The van der Waals surface area contributed by atoms with Crippen LogP contribution in [0.2, 0.25) is 0 Å². The van der Waals surface area contributed by atoms with Crippen LogP contribution in [0.1, 0.15) is 13.3 Å². The third-order valence-corrected chi connectivity index (χ3v) is 2.45. The third-order valence-electron chi connectivity index (χ3n) is 1.48. The number of sulfone groups is 1. The van der Waals surface area contributed by atoms with E-state index >= 15 is 0 Å². The van der Waals surface area contributed by atoms with Crippen molar-refractivity contribution >= 4 is 9.84 Å². The fourth-order valence-corrected chi connectivity index (χ4v) is 1.54. The minimum Gasteiger partial charge on any atom is -0.377 e. The van der Waals surface area contributed by atoms with Crippen LogP contribution in [0.15, 0.2) is 0 Å². The van der Waals surface area contributed by atoms with Gasteiger partial charge in [-0.25, -0.2) is 8.42 Å². The second-order valence-electron chi connectivity index (χ2n) is 2.73. The zero-order chi connectivity index (χ0) is 9.61. The molecule has 0 aromatic carbocycles. The maximum Gasteiger partial charge on any atom is 0.147 e. The molecule has 0 rings (SSSR count). The Labute approximate surface area is 74.0 Å². The highest BCUT2D eigenvalue weighted by atomic mass is 32.2. The molecule has 12 heavy (non-hydrogen) atoms. The summed E-state index contributed by atoms with van der Waals surface area (Å²) < 4.78 is 26.7. The second-order valence-corrected chi connectivity index (χ2v) is 4.99. The van der Waals surface area contributed by atoms with Crippen molar-refractivity contribution in [2.75, 3.05) is 25.2 Å². The van der Waals surface area contributed by atoms with E-state index in [9.17, 15) is 8.42 Å². The standard InChI is InChI=1S/C7H17NO3S/c1-3-11-7(6-8)4-5-12(2,9)10/h7H,3-6,8H2,1-2H3. The first-order chi connectivity index (χ1) is 5.49. The van der Waals surface area contributed by atoms with Gasteiger partial charge < -0.3 is 10.5 Å². The van der Waals surface area contributed by atoms with E-state index in [1.54, 1.807) is 0 Å². The van der Waals surface area contributed by atoms with Crippen molar-refractivity contribution in [3.8, 4) is 0 Å². The van der Waals surface area contributed by atoms with Crippen LogP contribution in [0, 0.1) is 0 Å². The summed E-state index contributed by atoms with van der Waals surface area (Å²) in [5.41, 5.74) is 5.37. The zero-order valence-electron chi connectivity index (χ0n) is 7.62. The molecular formula is C7H17NO3S. The lowest BCUT2D eigenvalue weighted by atomic mass is 10.3. The first-order valence-corrected chi connectivity index (χ1v) is 6.05. The Morgan fingerprint density at radius 1 is 1.50 bits per heavy atom. The Balaban J connectivity index is 3.73. The second kappa shape index (κ2) is 5.50. The molecule has 0 aromatic rings. The molecule has 0 heterocycles. The molecule has 0 spiro atoms. The van der Waals surface area contributed by atoms with Crippen LogP contribution in [-0.4, -0.2) is 39.7 Å². The normalized spacial score (nSPS) is 14.6. The molecule has 0 aromatic heterocycles. The molecule has 0 saturated carbocycles. The maximum atomic E-state index is 10.8. The molecule has 0 saturated heterocycles. The monoisotopic (exact) mass is 195 g/mol. The highest BCUT2D eigenvalue weighted by molar-refractivity contribution is 7.90. The fraction of sp³-hybridized carbons (Fsp3) is 1.00. The van der Waals surface area contributed by atoms with Crippen LogP contribution in [0.3, 0.4) is 0 Å². The van der Waals surface area contributed by atoms with Gasteiger partial charge in [-0.15, -0.1) is 0 Å². The van der Waals surface area contributed by atoms with Crippen LogP contribution in [0.4, 0.5) is 0 Å². The molecule has 74 valence electrons. The van der Waals surface area contributed by atoms with Crippen LogP contribution >= 0.6 is 0 Å². The van der Waals surface area contributed by atoms with E-state index < -0.39 is 9.84 Å². The quantitative estimate of drug-likeness (QED) is 0.636. The summed E-state index contributed by atoms with van der Waals surface area (Å²) in [6, 6.07) is 0. The van der Waals surface area contributed by atoms with Crippen LogP contribution in [0.5, 0.6) is 0 Å². The zero-order valence-corrected chi connectivity index (χ0v) is 8.43. The largest absolute Gasteiger partial charge is 0.377 e. The van der Waals surface area contributed by atoms with Gasteiger partial charge in [0.2, 0.25) is 0 Å². The van der Waals surface area contributed by atoms with Gasteiger partial charge in [0, 0.05) is 19.4 Å². The molecule has 1 atom stereocenters. The lowest BCUT2D eigenvalue weighted by molar-refractivity contribution is 0.0671. The molecule has 1 unspecified atom stereocenters. The van der Waals surface area contributed by atoms with E-state index in [1.807, 2.05) is 6.92 Å². The van der Waals surface area contributed by atoms with Crippen molar-refractivity contribution in [2.45, 2.75) is 19.4 Å². The van der Waals surface area contributed by atoms with Gasteiger partial charge in [-0.1, -0.05) is 0 Å². The SMILES string of the molecule is CCOC(CN)CCS(C)(=O)=O. The minimum absolute atomic E-state index is 0.121. The van der Waals surface area contributed by atoms with Crippen molar-refractivity contribution in [1.29, 1.82) is 0 Å². The Morgan fingerprint density at radius 3 is 2.42 bits per heavy atom. The topological polar surface area (TPSA) is 69.4 Å². The molecule has 0 aliphatic carbocycles. The number of nitrogens with two attached hydrogens (primary N) is 1. The summed E-state index contributed by atoms with van der Waals surface area (Å²) in [6.45, 7) is 2.82. The van der Waals surface area contributed by atoms with E-state index in [2.05, 4.69) is 0 Å². The number of hydrogen-bond acceptors (Lipinski definition) is 4. The molecular weight excluding hydrogens is 178 g/mol. The number of ether oxygens (including phenoxy) is 1. The molecule has 0 radical (unpaired) electrons. The van der Waals surface area contributed by atoms with E-state index in [0.717, 1.165) is 0 Å². The lowest BCUT2D eigenvalue weighted by Gasteiger charge is -2.13. The summed E-state index contributed by atoms with van der Waals surface area (Å²) in [6.07, 6.45) is 1.58. The molecule has 0 aliphatic rings. The predicted molar refractivity (Wildman–Crippen MR) is 48.8 cm³/mol. The van der Waals surface area contributed by atoms with Gasteiger partial charge in [0.05, 0.1) is 11.9 Å². The summed E-state index contributed by atoms with van der Waals surface area (Å²) in [7, 11) is -2.88. The lowest BCUT2D eigenvalue weighted by Crippen LogP contribution is -2.26. The number of hydrogen-bond donors (Lipinski definition) is 1. The summed E-state index contributed by atoms with van der Waals surface area (Å²) in [5, 5.41) is 0. The average molecular weight is 195 g/mol. The summed E-state index contributed by atoms with van der Waals surface area (Å²) >= 11 is 0. The van der Waals surface area contributed by atoms with Crippen LogP contribution in [-0.2, 0) is 14.6 Å². The van der Waals surface area contributed by atoms with Gasteiger partial charge in [0.15, 0.2) is 0 Å². The van der Waals surface area contributed by atoms with Crippen molar-refractivity contribution in [2.24, 2.45) is 5.73 Å². The summed E-state index contributed by atoms with van der Waals surface area (Å²) in [5.74, 6) is 0.148. The third kappa shape index (κ3) is 6.57. The molecule has 0 amide bonds. The Hall–Kier alpha value is -0.130. The minimum atomic E-state index is -2.88. The van der Waals surface area contributed by atoms with Gasteiger partial charge in [-0.2, -0.15) is 0 Å². The average Bonchev–Trinajstić information content (AvgIpc) is 1.96. The molecule has 2 N–H and O–H groups in total. The van der Waals surface area contributed by atoms with Gasteiger partial charge >= 0.3 is 0 Å². The van der Waals surface area contributed by atoms with E-state index in [-0.39, 0.29) is 11.9 Å². The van der Waals surface area contributed by atoms with Crippen molar-refractivity contribution in [3.63, 3.8) is 0 Å². The van der Waals surface area contributed by atoms with Gasteiger partial charge in [-0.3, -0.25) is 0 Å². The van der Waals surface area contributed by atoms with Crippen molar-refractivity contribution in [3.05, 3.63) is 0 Å². The first-order valence-electron chi connectivity index (χ1n) is 3.99. The highest BCUT2D eigenvalue weighted by Gasteiger charge is 2.09. The number of rotatable bonds is 6.